The van der Waals surface area contributed by atoms with E-state index in [0.29, 0.717) is 0 Å². The van der Waals surface area contributed by atoms with Crippen LogP contribution in [0.3, 0.4) is 0 Å². The summed E-state index contributed by atoms with van der Waals surface area (Å²) in [5, 5.41) is 3.66. The summed E-state index contributed by atoms with van der Waals surface area (Å²) in [4.78, 5) is 59.1. The molecule has 1 fully saturated rings. The van der Waals surface area contributed by atoms with Gasteiger partial charge in [-0.25, -0.2) is 4.79 Å². The molecule has 1 aromatic heterocycles. The van der Waals surface area contributed by atoms with Gasteiger partial charge in [0, 0.05) is 20.8 Å². The molecule has 2 heterocycles. The van der Waals surface area contributed by atoms with Crippen LogP contribution in [0.5, 0.6) is 0 Å². The molecule has 0 amide bonds. The van der Waals surface area contributed by atoms with Gasteiger partial charge in [-0.05, 0) is 0 Å². The van der Waals surface area contributed by atoms with Crippen molar-refractivity contribution in [2.24, 2.45) is 0 Å². The SMILES string of the molecule is CC(=O)OC[C@H]1O[C@@H](n2ncc(=O)[nH]c2=O)[C@H](OC(C)=O)[C@H]1OC(C)=O. The molecule has 12 nitrogen and oxygen atoms in total. The van der Waals surface area contributed by atoms with Crippen molar-refractivity contribution < 1.29 is 33.3 Å². The van der Waals surface area contributed by atoms with Gasteiger partial charge in [0.1, 0.15) is 18.9 Å². The second-order valence-electron chi connectivity index (χ2n) is 5.40. The fourth-order valence-electron chi connectivity index (χ4n) is 2.43. The third kappa shape index (κ3) is 4.53. The molecule has 1 saturated heterocycles. The zero-order chi connectivity index (χ0) is 19.4. The summed E-state index contributed by atoms with van der Waals surface area (Å²) in [6, 6.07) is 0. The molecule has 1 aliphatic rings. The van der Waals surface area contributed by atoms with Crippen LogP contribution in [-0.2, 0) is 33.3 Å². The number of hydrogen-bond donors (Lipinski definition) is 1. The molecule has 26 heavy (non-hydrogen) atoms. The van der Waals surface area contributed by atoms with Gasteiger partial charge in [0.25, 0.3) is 5.56 Å². The fraction of sp³-hybridized carbons (Fsp3) is 0.571. The van der Waals surface area contributed by atoms with Gasteiger partial charge < -0.3 is 18.9 Å². The highest BCUT2D eigenvalue weighted by molar-refractivity contribution is 5.67. The second kappa shape index (κ2) is 7.91. The Morgan fingerprint density at radius 2 is 1.73 bits per heavy atom. The lowest BCUT2D eigenvalue weighted by Crippen LogP contribution is -2.43. The lowest BCUT2D eigenvalue weighted by molar-refractivity contribution is -0.166. The summed E-state index contributed by atoms with van der Waals surface area (Å²) in [5.74, 6) is -2.04. The van der Waals surface area contributed by atoms with E-state index in [-0.39, 0.29) is 6.61 Å². The Hall–Kier alpha value is -3.02. The van der Waals surface area contributed by atoms with E-state index in [4.69, 9.17) is 18.9 Å². The van der Waals surface area contributed by atoms with E-state index in [1.54, 1.807) is 0 Å². The monoisotopic (exact) mass is 371 g/mol. The molecular formula is C14H17N3O9. The van der Waals surface area contributed by atoms with Crippen LogP contribution in [0.25, 0.3) is 0 Å². The molecule has 0 bridgehead atoms. The number of esters is 3. The van der Waals surface area contributed by atoms with Crippen molar-refractivity contribution >= 4 is 17.9 Å². The summed E-state index contributed by atoms with van der Waals surface area (Å²) >= 11 is 0. The van der Waals surface area contributed by atoms with Crippen LogP contribution in [0.1, 0.15) is 27.0 Å². The van der Waals surface area contributed by atoms with Crippen molar-refractivity contribution in [2.75, 3.05) is 6.61 Å². The van der Waals surface area contributed by atoms with Crippen molar-refractivity contribution in [2.45, 2.75) is 45.3 Å². The van der Waals surface area contributed by atoms with E-state index in [2.05, 4.69) is 5.10 Å². The third-order valence-electron chi connectivity index (χ3n) is 3.32. The average Bonchev–Trinajstić information content (AvgIpc) is 2.82. The molecule has 0 spiro atoms. The van der Waals surface area contributed by atoms with Gasteiger partial charge in [-0.3, -0.25) is 24.2 Å². The van der Waals surface area contributed by atoms with Gasteiger partial charge in [0.15, 0.2) is 18.4 Å². The smallest absolute Gasteiger partial charge is 0.347 e. The van der Waals surface area contributed by atoms with Crippen molar-refractivity contribution in [3.05, 3.63) is 27.0 Å². The maximum absolute atomic E-state index is 12.0. The molecular weight excluding hydrogens is 354 g/mol. The van der Waals surface area contributed by atoms with Crippen molar-refractivity contribution in [3.8, 4) is 0 Å². The van der Waals surface area contributed by atoms with Gasteiger partial charge in [-0.15, -0.1) is 0 Å². The topological polar surface area (TPSA) is 156 Å². The minimum atomic E-state index is -1.31. The second-order valence-corrected chi connectivity index (χ2v) is 5.40. The molecule has 1 N–H and O–H groups in total. The highest BCUT2D eigenvalue weighted by Crippen LogP contribution is 2.33. The van der Waals surface area contributed by atoms with E-state index in [1.165, 1.54) is 6.92 Å². The van der Waals surface area contributed by atoms with Crippen LogP contribution < -0.4 is 11.2 Å². The molecule has 1 aliphatic heterocycles. The zero-order valence-corrected chi connectivity index (χ0v) is 14.2. The molecule has 4 atom stereocenters. The van der Waals surface area contributed by atoms with Gasteiger partial charge in [-0.1, -0.05) is 0 Å². The van der Waals surface area contributed by atoms with Crippen LogP contribution in [0, 0.1) is 0 Å². The standard InChI is InChI=1S/C14H17N3O9/c1-6(18)23-5-9-11(24-7(2)19)12(25-8(3)20)13(26-9)17-14(22)16-10(21)4-15-17/h4,9,11-13H,5H2,1-3H3,(H,16,21,22)/t9-,11+,12-,13-/m1/s1. The Morgan fingerprint density at radius 1 is 1.12 bits per heavy atom. The van der Waals surface area contributed by atoms with Crippen LogP contribution >= 0.6 is 0 Å². The lowest BCUT2D eigenvalue weighted by Gasteiger charge is -2.23. The number of nitrogens with one attached hydrogen (secondary N) is 1. The van der Waals surface area contributed by atoms with Gasteiger partial charge in [0.2, 0.25) is 0 Å². The molecule has 0 radical (unpaired) electrons. The number of ether oxygens (including phenoxy) is 4. The summed E-state index contributed by atoms with van der Waals surface area (Å²) in [7, 11) is 0. The summed E-state index contributed by atoms with van der Waals surface area (Å²) < 4.78 is 21.5. The van der Waals surface area contributed by atoms with E-state index in [9.17, 15) is 24.0 Å². The highest BCUT2D eigenvalue weighted by Gasteiger charge is 2.51. The van der Waals surface area contributed by atoms with Crippen molar-refractivity contribution in [3.63, 3.8) is 0 Å². The van der Waals surface area contributed by atoms with Crippen molar-refractivity contribution in [1.29, 1.82) is 0 Å². The molecule has 0 unspecified atom stereocenters. The molecule has 0 aromatic carbocycles. The van der Waals surface area contributed by atoms with Crippen LogP contribution in [-0.4, -0.2) is 57.6 Å². The lowest BCUT2D eigenvalue weighted by atomic mass is 10.1. The average molecular weight is 371 g/mol. The molecule has 2 rings (SSSR count). The predicted molar refractivity (Wildman–Crippen MR) is 80.8 cm³/mol. The van der Waals surface area contributed by atoms with Gasteiger partial charge in [0.05, 0.1) is 0 Å². The summed E-state index contributed by atoms with van der Waals surface area (Å²) in [5.41, 5.74) is -1.66. The first kappa shape index (κ1) is 19.3. The number of H-pyrrole nitrogens is 1. The zero-order valence-electron chi connectivity index (χ0n) is 14.2. The maximum atomic E-state index is 12.0. The number of aromatic amines is 1. The largest absolute Gasteiger partial charge is 0.463 e. The van der Waals surface area contributed by atoms with Crippen LogP contribution in [0.2, 0.25) is 0 Å². The predicted octanol–water partition coefficient (Wildman–Crippen LogP) is -1.74. The van der Waals surface area contributed by atoms with Crippen LogP contribution in [0.15, 0.2) is 15.8 Å². The number of carbonyl (C=O) groups excluding carboxylic acids is 3. The minimum absolute atomic E-state index is 0.320. The van der Waals surface area contributed by atoms with E-state index < -0.39 is 53.7 Å². The molecule has 0 saturated carbocycles. The van der Waals surface area contributed by atoms with Crippen molar-refractivity contribution in [1.82, 2.24) is 14.8 Å². The van der Waals surface area contributed by atoms with E-state index in [0.717, 1.165) is 24.7 Å². The first-order valence-electron chi connectivity index (χ1n) is 7.50. The quantitative estimate of drug-likeness (QED) is 0.465. The Kier molecular flexibility index (Phi) is 5.87. The summed E-state index contributed by atoms with van der Waals surface area (Å²) in [6.45, 7) is 3.10. The molecule has 142 valence electrons. The normalized spacial score (nSPS) is 24.7. The summed E-state index contributed by atoms with van der Waals surface area (Å²) in [6.07, 6.45) is -3.93. The first-order chi connectivity index (χ1) is 12.2. The Balaban J connectivity index is 2.41. The molecule has 0 aliphatic carbocycles. The molecule has 12 heteroatoms. The first-order valence-corrected chi connectivity index (χ1v) is 7.50. The van der Waals surface area contributed by atoms with Crippen LogP contribution in [0.4, 0.5) is 0 Å². The number of nitrogens with zero attached hydrogens (tertiary/aromatic N) is 2. The fourth-order valence-corrected chi connectivity index (χ4v) is 2.43. The highest BCUT2D eigenvalue weighted by atomic mass is 16.7. The van der Waals surface area contributed by atoms with E-state index in [1.807, 2.05) is 4.98 Å². The number of carbonyl (C=O) groups is 3. The van der Waals surface area contributed by atoms with E-state index >= 15 is 0 Å². The maximum Gasteiger partial charge on any atom is 0.347 e. The third-order valence-corrected chi connectivity index (χ3v) is 3.32. The Bertz CT molecular complexity index is 814. The minimum Gasteiger partial charge on any atom is -0.463 e. The molecule has 1 aromatic rings. The Labute approximate surface area is 146 Å². The van der Waals surface area contributed by atoms with Gasteiger partial charge in [-0.2, -0.15) is 9.78 Å². The Morgan fingerprint density at radius 3 is 2.27 bits per heavy atom. The number of aromatic nitrogens is 3. The number of hydrogen-bond acceptors (Lipinski definition) is 10. The van der Waals surface area contributed by atoms with Gasteiger partial charge >= 0.3 is 23.6 Å². The number of rotatable bonds is 5.